The SMILES string of the molecule is C[C@@H]1C2=C(CCN1C(=O)c1cccc(C(F)(F)F)c1Cl)N(c1cnccn1)NN2. The van der Waals surface area contributed by atoms with E-state index in [-0.39, 0.29) is 5.56 Å². The van der Waals surface area contributed by atoms with Crippen molar-refractivity contribution in [2.24, 2.45) is 0 Å². The molecule has 29 heavy (non-hydrogen) atoms. The maximum atomic E-state index is 13.1. The average Bonchev–Trinajstić information content (AvgIpc) is 3.13. The third-order valence-electron chi connectivity index (χ3n) is 4.93. The first-order valence-corrected chi connectivity index (χ1v) is 9.14. The van der Waals surface area contributed by atoms with Gasteiger partial charge in [0.25, 0.3) is 5.91 Å². The standard InChI is InChI=1S/C18H16ClF3N6O/c1-10-16-13(28(26-25-16)14-9-23-6-7-24-14)5-8-27(10)17(29)11-3-2-4-12(15(11)19)18(20,21)22/h2-4,6-7,9-10,25-26H,5,8H2,1H3/t10-/m1/s1. The van der Waals surface area contributed by atoms with Gasteiger partial charge in [-0.05, 0) is 19.1 Å². The van der Waals surface area contributed by atoms with Crippen molar-refractivity contribution in [3.8, 4) is 0 Å². The highest BCUT2D eigenvalue weighted by molar-refractivity contribution is 6.34. The quantitative estimate of drug-likeness (QED) is 0.771. The number of benzene rings is 1. The summed E-state index contributed by atoms with van der Waals surface area (Å²) in [6, 6.07) is 2.95. The molecule has 0 radical (unpaired) electrons. The zero-order valence-corrected chi connectivity index (χ0v) is 15.9. The molecule has 4 rings (SSSR count). The van der Waals surface area contributed by atoms with Crippen LogP contribution in [0.15, 0.2) is 48.2 Å². The Kier molecular flexibility index (Phi) is 4.83. The van der Waals surface area contributed by atoms with Crippen molar-refractivity contribution in [3.05, 3.63) is 64.3 Å². The first-order chi connectivity index (χ1) is 13.8. The van der Waals surface area contributed by atoms with Crippen molar-refractivity contribution < 1.29 is 18.0 Å². The molecule has 2 aromatic rings. The molecule has 0 saturated heterocycles. The summed E-state index contributed by atoms with van der Waals surface area (Å²) in [5, 5.41) is 1.15. The smallest absolute Gasteiger partial charge is 0.330 e. The number of hydrogen-bond donors (Lipinski definition) is 2. The van der Waals surface area contributed by atoms with Gasteiger partial charge in [0.15, 0.2) is 5.82 Å². The lowest BCUT2D eigenvalue weighted by Crippen LogP contribution is -2.46. The van der Waals surface area contributed by atoms with Crippen LogP contribution in [0, 0.1) is 0 Å². The molecule has 3 heterocycles. The number of hydrazine groups is 2. The van der Waals surface area contributed by atoms with Crippen LogP contribution in [-0.4, -0.2) is 33.4 Å². The third-order valence-corrected chi connectivity index (χ3v) is 5.34. The molecule has 7 nitrogen and oxygen atoms in total. The second-order valence-electron chi connectivity index (χ2n) is 6.59. The van der Waals surface area contributed by atoms with Gasteiger partial charge in [0.1, 0.15) is 0 Å². The number of halogens is 4. The Morgan fingerprint density at radius 1 is 1.31 bits per heavy atom. The van der Waals surface area contributed by atoms with E-state index in [0.717, 1.165) is 17.5 Å². The minimum absolute atomic E-state index is 0.172. The number of nitrogens with one attached hydrogen (secondary N) is 2. The summed E-state index contributed by atoms with van der Waals surface area (Å²) in [6.45, 7) is 2.11. The largest absolute Gasteiger partial charge is 0.417 e. The van der Waals surface area contributed by atoms with E-state index in [1.54, 1.807) is 30.5 Å². The molecular formula is C18H16ClF3N6O. The van der Waals surface area contributed by atoms with Crippen molar-refractivity contribution >= 4 is 23.3 Å². The monoisotopic (exact) mass is 424 g/mol. The summed E-state index contributed by atoms with van der Waals surface area (Å²) in [5.74, 6) is 0.0257. The molecular weight excluding hydrogens is 409 g/mol. The van der Waals surface area contributed by atoms with Gasteiger partial charge in [-0.3, -0.25) is 9.78 Å². The van der Waals surface area contributed by atoms with Crippen molar-refractivity contribution in [3.63, 3.8) is 0 Å². The van der Waals surface area contributed by atoms with Crippen LogP contribution in [0.5, 0.6) is 0 Å². The number of rotatable bonds is 2. The normalized spacial score (nSPS) is 19.3. The number of alkyl halides is 3. The fourth-order valence-electron chi connectivity index (χ4n) is 3.49. The van der Waals surface area contributed by atoms with Crippen LogP contribution < -0.4 is 16.0 Å². The molecule has 1 amide bonds. The minimum Gasteiger partial charge on any atom is -0.330 e. The van der Waals surface area contributed by atoms with Gasteiger partial charge in [-0.15, -0.1) is 5.53 Å². The van der Waals surface area contributed by atoms with Gasteiger partial charge in [-0.25, -0.2) is 9.99 Å². The number of amides is 1. The lowest BCUT2D eigenvalue weighted by atomic mass is 10.0. The summed E-state index contributed by atoms with van der Waals surface area (Å²) in [4.78, 5) is 22.8. The van der Waals surface area contributed by atoms with Gasteiger partial charge in [-0.1, -0.05) is 17.7 Å². The number of aromatic nitrogens is 2. The molecule has 152 valence electrons. The van der Waals surface area contributed by atoms with Crippen molar-refractivity contribution in [2.45, 2.75) is 25.6 Å². The van der Waals surface area contributed by atoms with E-state index < -0.39 is 28.7 Å². The third kappa shape index (κ3) is 3.38. The Balaban J connectivity index is 1.62. The van der Waals surface area contributed by atoms with Crippen LogP contribution in [-0.2, 0) is 6.18 Å². The zero-order chi connectivity index (χ0) is 20.8. The summed E-state index contributed by atoms with van der Waals surface area (Å²) in [5.41, 5.74) is 6.43. The van der Waals surface area contributed by atoms with Crippen LogP contribution >= 0.6 is 11.6 Å². The Bertz CT molecular complexity index is 981. The van der Waals surface area contributed by atoms with Crippen molar-refractivity contribution in [2.75, 3.05) is 11.6 Å². The number of carbonyl (C=O) groups is 1. The lowest BCUT2D eigenvalue weighted by Gasteiger charge is -2.35. The molecule has 1 atom stereocenters. The van der Waals surface area contributed by atoms with E-state index in [2.05, 4.69) is 20.9 Å². The molecule has 1 aromatic heterocycles. The topological polar surface area (TPSA) is 73.4 Å². The van der Waals surface area contributed by atoms with Gasteiger partial charge in [0.05, 0.1) is 39.8 Å². The van der Waals surface area contributed by atoms with E-state index in [0.29, 0.717) is 18.8 Å². The molecule has 0 unspecified atom stereocenters. The van der Waals surface area contributed by atoms with Gasteiger partial charge in [0.2, 0.25) is 0 Å². The number of carbonyl (C=O) groups excluding carboxylic acids is 1. The molecule has 0 aliphatic carbocycles. The molecule has 0 fully saturated rings. The predicted molar refractivity (Wildman–Crippen MR) is 99.4 cm³/mol. The second-order valence-corrected chi connectivity index (χ2v) is 6.96. The Labute approximate surface area is 169 Å². The highest BCUT2D eigenvalue weighted by Crippen LogP contribution is 2.37. The van der Waals surface area contributed by atoms with E-state index in [1.165, 1.54) is 17.0 Å². The summed E-state index contributed by atoms with van der Waals surface area (Å²) in [7, 11) is 0. The Morgan fingerprint density at radius 2 is 2.10 bits per heavy atom. The number of hydrogen-bond acceptors (Lipinski definition) is 6. The van der Waals surface area contributed by atoms with Gasteiger partial charge < -0.3 is 10.3 Å². The summed E-state index contributed by atoms with van der Waals surface area (Å²) < 4.78 is 39.4. The molecule has 11 heteroatoms. The molecule has 0 saturated carbocycles. The van der Waals surface area contributed by atoms with Crippen LogP contribution in [0.3, 0.4) is 0 Å². The second kappa shape index (κ2) is 7.20. The highest BCUT2D eigenvalue weighted by Gasteiger charge is 2.39. The molecule has 1 aromatic carbocycles. The maximum Gasteiger partial charge on any atom is 0.417 e. The zero-order valence-electron chi connectivity index (χ0n) is 15.2. The number of anilines is 1. The van der Waals surface area contributed by atoms with Crippen LogP contribution in [0.2, 0.25) is 5.02 Å². The summed E-state index contributed by atoms with van der Waals surface area (Å²) >= 11 is 5.94. The van der Waals surface area contributed by atoms with Gasteiger partial charge >= 0.3 is 6.18 Å². The first kappa shape index (κ1) is 19.5. The first-order valence-electron chi connectivity index (χ1n) is 8.76. The van der Waals surface area contributed by atoms with E-state index in [9.17, 15) is 18.0 Å². The molecule has 2 aliphatic rings. The predicted octanol–water partition coefficient (Wildman–Crippen LogP) is 3.12. The minimum atomic E-state index is -4.63. The van der Waals surface area contributed by atoms with Crippen LogP contribution in [0.25, 0.3) is 0 Å². The molecule has 2 aliphatic heterocycles. The van der Waals surface area contributed by atoms with Gasteiger partial charge in [0, 0.05) is 25.4 Å². The van der Waals surface area contributed by atoms with Crippen molar-refractivity contribution in [1.82, 2.24) is 25.8 Å². The lowest BCUT2D eigenvalue weighted by molar-refractivity contribution is -0.137. The fourth-order valence-corrected chi connectivity index (χ4v) is 3.81. The Morgan fingerprint density at radius 3 is 2.79 bits per heavy atom. The molecule has 0 spiro atoms. The highest BCUT2D eigenvalue weighted by atomic mass is 35.5. The van der Waals surface area contributed by atoms with Crippen LogP contribution in [0.4, 0.5) is 19.0 Å². The summed E-state index contributed by atoms with van der Waals surface area (Å²) in [6.07, 6.45) is 0.552. The van der Waals surface area contributed by atoms with E-state index >= 15 is 0 Å². The molecule has 0 bridgehead atoms. The number of nitrogens with zero attached hydrogens (tertiary/aromatic N) is 4. The van der Waals surface area contributed by atoms with Crippen molar-refractivity contribution in [1.29, 1.82) is 0 Å². The fraction of sp³-hybridized carbons (Fsp3) is 0.278. The van der Waals surface area contributed by atoms with Crippen LogP contribution in [0.1, 0.15) is 29.3 Å². The Hall–Kier alpha value is -2.85. The van der Waals surface area contributed by atoms with E-state index in [1.807, 2.05) is 0 Å². The average molecular weight is 425 g/mol. The molecule has 2 N–H and O–H groups in total. The maximum absolute atomic E-state index is 13.1. The van der Waals surface area contributed by atoms with E-state index in [4.69, 9.17) is 11.6 Å². The van der Waals surface area contributed by atoms with Gasteiger partial charge in [-0.2, -0.15) is 13.2 Å².